The van der Waals surface area contributed by atoms with Gasteiger partial charge in [-0.1, -0.05) is 42.5 Å². The Morgan fingerprint density at radius 3 is 2.56 bits per heavy atom. The zero-order chi connectivity index (χ0) is 18.8. The third kappa shape index (κ3) is 3.48. The van der Waals surface area contributed by atoms with Crippen molar-refractivity contribution in [1.82, 2.24) is 14.8 Å². The van der Waals surface area contributed by atoms with Crippen LogP contribution in [0.4, 0.5) is 11.9 Å². The molecule has 0 radical (unpaired) electrons. The number of rotatable bonds is 4. The number of hydrogen-bond donors (Lipinski definition) is 2. The summed E-state index contributed by atoms with van der Waals surface area (Å²) in [6.07, 6.45) is 0.812. The molecular formula is C20H21N5O2. The number of carbonyl (C=O) groups is 1. The maximum atomic E-state index is 11.4. The van der Waals surface area contributed by atoms with Crippen molar-refractivity contribution in [2.45, 2.75) is 25.4 Å². The molecule has 4 rings (SSSR count). The number of methoxy groups -OCH3 is 1. The first-order valence-electron chi connectivity index (χ1n) is 8.83. The number of fused-ring (bicyclic) bond motifs is 1. The number of carbonyl (C=O) groups excluding carboxylic acids is 1. The number of nitrogens with zero attached hydrogens (tertiary/aromatic N) is 3. The number of ether oxygens (including phenoxy) is 1. The highest BCUT2D eigenvalue weighted by Crippen LogP contribution is 2.38. The highest BCUT2D eigenvalue weighted by Gasteiger charge is 2.31. The van der Waals surface area contributed by atoms with E-state index in [1.165, 1.54) is 12.5 Å². The predicted molar refractivity (Wildman–Crippen MR) is 103 cm³/mol. The highest BCUT2D eigenvalue weighted by atomic mass is 16.5. The Balaban J connectivity index is 1.73. The lowest BCUT2D eigenvalue weighted by atomic mass is 9.93. The molecule has 0 spiro atoms. The molecule has 7 heteroatoms. The summed E-state index contributed by atoms with van der Waals surface area (Å²) in [6, 6.07) is 18.3. The Bertz CT molecular complexity index is 937. The molecule has 1 amide bonds. The highest BCUT2D eigenvalue weighted by molar-refractivity contribution is 5.86. The number of benzene rings is 2. The van der Waals surface area contributed by atoms with Crippen molar-refractivity contribution in [2.75, 3.05) is 17.7 Å². The van der Waals surface area contributed by atoms with E-state index in [9.17, 15) is 4.79 Å². The number of aromatic nitrogens is 3. The Morgan fingerprint density at radius 1 is 1.15 bits per heavy atom. The van der Waals surface area contributed by atoms with Gasteiger partial charge in [-0.25, -0.2) is 4.68 Å². The fourth-order valence-electron chi connectivity index (χ4n) is 3.40. The summed E-state index contributed by atoms with van der Waals surface area (Å²) in [6.45, 7) is 1.45. The first-order valence-corrected chi connectivity index (χ1v) is 8.83. The molecule has 2 N–H and O–H groups in total. The largest absolute Gasteiger partial charge is 0.497 e. The fraction of sp³-hybridized carbons (Fsp3) is 0.250. The minimum absolute atomic E-state index is 0.00706. The van der Waals surface area contributed by atoms with Gasteiger partial charge in [-0.05, 0) is 29.7 Å². The van der Waals surface area contributed by atoms with Crippen LogP contribution in [-0.2, 0) is 4.79 Å². The summed E-state index contributed by atoms with van der Waals surface area (Å²) in [5, 5.41) is 10.6. The number of anilines is 2. The van der Waals surface area contributed by atoms with E-state index in [0.717, 1.165) is 17.7 Å². The minimum atomic E-state index is -0.196. The van der Waals surface area contributed by atoms with Crippen LogP contribution < -0.4 is 15.4 Å². The van der Waals surface area contributed by atoms with Gasteiger partial charge in [0.05, 0.1) is 19.2 Å². The normalized spacial score (nSPS) is 18.3. The average molecular weight is 363 g/mol. The summed E-state index contributed by atoms with van der Waals surface area (Å²) < 4.78 is 7.11. The summed E-state index contributed by atoms with van der Waals surface area (Å²) in [7, 11) is 1.65. The maximum absolute atomic E-state index is 11.4. The third-order valence-electron chi connectivity index (χ3n) is 4.68. The monoisotopic (exact) mass is 363 g/mol. The van der Waals surface area contributed by atoms with Crippen LogP contribution in [0.3, 0.4) is 0 Å². The second-order valence-electron chi connectivity index (χ2n) is 6.52. The van der Waals surface area contributed by atoms with E-state index in [-0.39, 0.29) is 18.0 Å². The van der Waals surface area contributed by atoms with Crippen LogP contribution in [0, 0.1) is 0 Å². The number of hydrogen-bond acceptors (Lipinski definition) is 5. The Morgan fingerprint density at radius 2 is 1.89 bits per heavy atom. The van der Waals surface area contributed by atoms with Crippen LogP contribution in [0.15, 0.2) is 54.6 Å². The summed E-state index contributed by atoms with van der Waals surface area (Å²) in [5.74, 6) is 1.56. The topological polar surface area (TPSA) is 81.1 Å². The molecule has 0 bridgehead atoms. The molecule has 1 aromatic heterocycles. The molecule has 0 unspecified atom stereocenters. The van der Waals surface area contributed by atoms with Crippen LogP contribution in [0.1, 0.15) is 36.6 Å². The zero-order valence-electron chi connectivity index (χ0n) is 15.2. The Hall–Kier alpha value is -3.35. The quantitative estimate of drug-likeness (QED) is 0.743. The van der Waals surface area contributed by atoms with Crippen molar-refractivity contribution in [3.05, 3.63) is 65.7 Å². The number of nitrogens with one attached hydrogen (secondary N) is 2. The van der Waals surface area contributed by atoms with Crippen LogP contribution in [0.25, 0.3) is 0 Å². The minimum Gasteiger partial charge on any atom is -0.497 e. The molecule has 0 aliphatic carbocycles. The Labute approximate surface area is 157 Å². The summed E-state index contributed by atoms with van der Waals surface area (Å²) >= 11 is 0. The number of amides is 1. The van der Waals surface area contributed by atoms with Gasteiger partial charge in [0.25, 0.3) is 5.95 Å². The van der Waals surface area contributed by atoms with Gasteiger partial charge in [0.2, 0.25) is 11.9 Å². The van der Waals surface area contributed by atoms with Gasteiger partial charge in [-0.2, -0.15) is 4.98 Å². The molecule has 2 atom stereocenters. The SMILES string of the molecule is COc1ccc([C@@H]2C[C@H](c3ccccc3)Nc3nc(NC(C)=O)nn32)cc1. The van der Waals surface area contributed by atoms with Gasteiger partial charge in [0, 0.05) is 6.92 Å². The molecule has 1 aliphatic heterocycles. The molecule has 0 saturated heterocycles. The van der Waals surface area contributed by atoms with E-state index in [2.05, 4.69) is 32.8 Å². The van der Waals surface area contributed by atoms with Crippen molar-refractivity contribution in [3.8, 4) is 5.75 Å². The van der Waals surface area contributed by atoms with Crippen molar-refractivity contribution in [1.29, 1.82) is 0 Å². The molecule has 2 aromatic carbocycles. The van der Waals surface area contributed by atoms with Crippen LogP contribution >= 0.6 is 0 Å². The second-order valence-corrected chi connectivity index (χ2v) is 6.52. The lowest BCUT2D eigenvalue weighted by molar-refractivity contribution is -0.114. The van der Waals surface area contributed by atoms with Crippen molar-refractivity contribution < 1.29 is 9.53 Å². The van der Waals surface area contributed by atoms with Crippen LogP contribution in [0.2, 0.25) is 0 Å². The van der Waals surface area contributed by atoms with Gasteiger partial charge in [-0.3, -0.25) is 10.1 Å². The Kier molecular flexibility index (Phi) is 4.50. The molecule has 3 aromatic rings. The van der Waals surface area contributed by atoms with Gasteiger partial charge in [0.15, 0.2) is 0 Å². The van der Waals surface area contributed by atoms with E-state index in [1.807, 2.05) is 47.1 Å². The lowest BCUT2D eigenvalue weighted by Gasteiger charge is -2.31. The fourth-order valence-corrected chi connectivity index (χ4v) is 3.40. The summed E-state index contributed by atoms with van der Waals surface area (Å²) in [4.78, 5) is 15.9. The van der Waals surface area contributed by atoms with Crippen molar-refractivity contribution in [2.24, 2.45) is 0 Å². The molecule has 2 heterocycles. The van der Waals surface area contributed by atoms with E-state index in [0.29, 0.717) is 11.9 Å². The van der Waals surface area contributed by atoms with Crippen molar-refractivity contribution >= 4 is 17.8 Å². The van der Waals surface area contributed by atoms with Gasteiger partial charge < -0.3 is 10.1 Å². The molecule has 138 valence electrons. The molecule has 0 saturated carbocycles. The molecule has 0 fully saturated rings. The van der Waals surface area contributed by atoms with E-state index in [4.69, 9.17) is 4.74 Å². The zero-order valence-corrected chi connectivity index (χ0v) is 15.2. The van der Waals surface area contributed by atoms with Crippen molar-refractivity contribution in [3.63, 3.8) is 0 Å². The van der Waals surface area contributed by atoms with Gasteiger partial charge >= 0.3 is 0 Å². The molecule has 1 aliphatic rings. The first kappa shape index (κ1) is 17.1. The lowest BCUT2D eigenvalue weighted by Crippen LogP contribution is -2.28. The summed E-state index contributed by atoms with van der Waals surface area (Å²) in [5.41, 5.74) is 2.30. The van der Waals surface area contributed by atoms with Gasteiger partial charge in [-0.15, -0.1) is 5.10 Å². The van der Waals surface area contributed by atoms with Crippen LogP contribution in [0.5, 0.6) is 5.75 Å². The molecule has 7 nitrogen and oxygen atoms in total. The van der Waals surface area contributed by atoms with Gasteiger partial charge in [0.1, 0.15) is 5.75 Å². The van der Waals surface area contributed by atoms with Crippen LogP contribution in [-0.4, -0.2) is 27.8 Å². The third-order valence-corrected chi connectivity index (χ3v) is 4.68. The maximum Gasteiger partial charge on any atom is 0.250 e. The van der Waals surface area contributed by atoms with E-state index < -0.39 is 0 Å². The molecule has 27 heavy (non-hydrogen) atoms. The van der Waals surface area contributed by atoms with E-state index >= 15 is 0 Å². The predicted octanol–water partition coefficient (Wildman–Crippen LogP) is 3.39. The molecular weight excluding hydrogens is 342 g/mol. The first-order chi connectivity index (χ1) is 13.1. The second kappa shape index (κ2) is 7.11. The standard InChI is InChI=1S/C20H21N5O2/c1-13(26)21-19-23-20-22-17(14-6-4-3-5-7-14)12-18(25(20)24-19)15-8-10-16(27-2)11-9-15/h3-11,17-18H,12H2,1-2H3,(H2,21,22,23,24,26)/t17-,18+/m1/s1. The average Bonchev–Trinajstić information content (AvgIpc) is 3.09. The van der Waals surface area contributed by atoms with E-state index in [1.54, 1.807) is 7.11 Å². The smallest absolute Gasteiger partial charge is 0.250 e.